The molecule has 2 aromatic carbocycles. The molecule has 0 radical (unpaired) electrons. The molecule has 0 aromatic heterocycles. The van der Waals surface area contributed by atoms with Gasteiger partial charge in [0, 0.05) is 24.8 Å². The van der Waals surface area contributed by atoms with E-state index in [0.717, 1.165) is 37.7 Å². The van der Waals surface area contributed by atoms with Crippen LogP contribution in [0.1, 0.15) is 75.0 Å². The van der Waals surface area contributed by atoms with Crippen molar-refractivity contribution in [2.75, 3.05) is 6.54 Å². The third-order valence-electron chi connectivity index (χ3n) is 8.28. The first-order valence-electron chi connectivity index (χ1n) is 15.0. The normalized spacial score (nSPS) is 17.5. The van der Waals surface area contributed by atoms with Crippen molar-refractivity contribution in [3.05, 3.63) is 71.8 Å². The molecule has 1 saturated heterocycles. The Hall–Kier alpha value is -2.61. The minimum absolute atomic E-state index is 0. The fourth-order valence-electron chi connectivity index (χ4n) is 5.97. The van der Waals surface area contributed by atoms with Gasteiger partial charge in [-0.25, -0.2) is 4.79 Å². The highest BCUT2D eigenvalue weighted by Gasteiger charge is 2.33. The van der Waals surface area contributed by atoms with E-state index < -0.39 is 24.1 Å². The van der Waals surface area contributed by atoms with Gasteiger partial charge in [0.25, 0.3) is 0 Å². The zero-order valence-electron chi connectivity index (χ0n) is 26.0. The van der Waals surface area contributed by atoms with Crippen LogP contribution in [-0.4, -0.2) is 42.6 Å². The molecule has 1 saturated carbocycles. The average molecular weight is 712 g/mol. The molecule has 4 atom stereocenters. The van der Waals surface area contributed by atoms with Gasteiger partial charge in [-0.1, -0.05) is 92.8 Å². The number of amides is 3. The number of benzene rings is 2. The average Bonchev–Trinajstić information content (AvgIpc) is 3.43. The maximum absolute atomic E-state index is 13.8. The maximum Gasteiger partial charge on any atom is 0.408 e. The Morgan fingerprint density at radius 1 is 0.848 bits per heavy atom. The fraction of sp³-hybridized carbons (Fsp3) is 0.485. The number of Topliss-reactive ketones (excluding diaryl/α,β-unsaturated/α-hetero) is 1. The molecule has 0 unspecified atom stereocenters. The summed E-state index contributed by atoms with van der Waals surface area (Å²) in [5.74, 6) is -1.49. The van der Waals surface area contributed by atoms with Gasteiger partial charge >= 0.3 is 6.09 Å². The van der Waals surface area contributed by atoms with E-state index in [2.05, 4.69) is 16.0 Å². The lowest BCUT2D eigenvalue weighted by molar-refractivity contribution is -0.132. The summed E-state index contributed by atoms with van der Waals surface area (Å²) in [6.07, 6.45) is 6.51. The largest absolute Gasteiger partial charge is 0.445 e. The summed E-state index contributed by atoms with van der Waals surface area (Å²) < 4.78 is 5.39. The van der Waals surface area contributed by atoms with Gasteiger partial charge in [0.2, 0.25) is 11.8 Å². The minimum atomic E-state index is -1.000. The smallest absolute Gasteiger partial charge is 0.408 e. The van der Waals surface area contributed by atoms with E-state index in [4.69, 9.17) is 4.74 Å². The van der Waals surface area contributed by atoms with Gasteiger partial charge in [-0.2, -0.15) is 54.0 Å². The number of rotatable bonds is 14. The van der Waals surface area contributed by atoms with Crippen molar-refractivity contribution in [1.29, 1.82) is 0 Å². The first kappa shape index (κ1) is 43.4. The summed E-state index contributed by atoms with van der Waals surface area (Å²) in [7, 11) is 0. The predicted molar refractivity (Wildman–Crippen MR) is 199 cm³/mol. The Morgan fingerprint density at radius 2 is 1.48 bits per heavy atom. The summed E-state index contributed by atoms with van der Waals surface area (Å²) in [5.41, 5.74) is 1.41. The summed E-state index contributed by atoms with van der Waals surface area (Å²) in [4.78, 5) is 64.1. The maximum atomic E-state index is 13.8. The van der Waals surface area contributed by atoms with E-state index in [1.807, 2.05) is 36.4 Å². The molecular formula is C33H49N3O6S4. The van der Waals surface area contributed by atoms with Gasteiger partial charge in [0.05, 0.1) is 6.04 Å². The summed E-state index contributed by atoms with van der Waals surface area (Å²) in [6, 6.07) is 16.3. The molecule has 1 heterocycles. The Kier molecular flexibility index (Phi) is 21.5. The van der Waals surface area contributed by atoms with Crippen LogP contribution in [0, 0.1) is 17.8 Å². The van der Waals surface area contributed by atoms with Gasteiger partial charge < -0.3 is 25.5 Å². The van der Waals surface area contributed by atoms with Crippen LogP contribution in [0.2, 0.25) is 0 Å². The van der Waals surface area contributed by atoms with Crippen molar-refractivity contribution in [3.63, 3.8) is 0 Å². The second kappa shape index (κ2) is 22.8. The van der Waals surface area contributed by atoms with Crippen LogP contribution in [-0.2, 0) is 30.5 Å². The molecule has 3 N–H and O–H groups in total. The van der Waals surface area contributed by atoms with Gasteiger partial charge in [-0.05, 0) is 36.3 Å². The van der Waals surface area contributed by atoms with E-state index in [0.29, 0.717) is 37.2 Å². The minimum Gasteiger partial charge on any atom is -0.445 e. The van der Waals surface area contributed by atoms with Crippen LogP contribution < -0.4 is 16.0 Å². The number of nitrogens with one attached hydrogen (secondary N) is 3. The number of alkyl carbamates (subject to hydrolysis) is 1. The summed E-state index contributed by atoms with van der Waals surface area (Å²) in [6.45, 7) is 0.616. The van der Waals surface area contributed by atoms with E-state index in [1.165, 1.54) is 0 Å². The Balaban J connectivity index is 0.00000506. The van der Waals surface area contributed by atoms with E-state index in [9.17, 15) is 24.0 Å². The summed E-state index contributed by atoms with van der Waals surface area (Å²) in [5, 5.41) is 8.29. The van der Waals surface area contributed by atoms with Crippen molar-refractivity contribution in [2.45, 2.75) is 76.5 Å². The Labute approximate surface area is 299 Å². The number of hydrogen-bond acceptors (Lipinski definition) is 6. The Bertz CT molecular complexity index is 1220. The van der Waals surface area contributed by atoms with Crippen LogP contribution >= 0.6 is 54.0 Å². The van der Waals surface area contributed by atoms with Crippen LogP contribution in [0.25, 0.3) is 0 Å². The molecular weight excluding hydrogens is 663 g/mol. The molecule has 9 nitrogen and oxygen atoms in total. The lowest BCUT2D eigenvalue weighted by Crippen LogP contribution is -2.43. The molecule has 2 aliphatic rings. The standard InChI is InChI=1S/C33H41N3O6.4H2S/c37-21-28(19-26-16-17-34-31(26)39)35-32(40)27(18-23-10-4-1-5-11-23)20-29(38)30(25-14-8-3-9-15-25)36-33(41)42-22-24-12-6-2-7-13-24;;;;/h2-3,6-9,12-15,21,23,26-28,30H,1,4-5,10-11,16-20,22H2,(H,34,39)(H,35,40)(H,36,41);4*1H2/t26-,27+,28-,30-;;;;/m0..../s1. The van der Waals surface area contributed by atoms with Crippen molar-refractivity contribution in [1.82, 2.24) is 16.0 Å². The van der Waals surface area contributed by atoms with Crippen molar-refractivity contribution in [3.8, 4) is 0 Å². The number of ketones is 1. The first-order valence-corrected chi connectivity index (χ1v) is 15.0. The summed E-state index contributed by atoms with van der Waals surface area (Å²) >= 11 is 0. The molecule has 2 fully saturated rings. The first-order chi connectivity index (χ1) is 20.4. The number of aldehydes is 1. The van der Waals surface area contributed by atoms with E-state index in [-0.39, 0.29) is 96.9 Å². The molecule has 46 heavy (non-hydrogen) atoms. The lowest BCUT2D eigenvalue weighted by Gasteiger charge is -2.28. The van der Waals surface area contributed by atoms with Crippen LogP contribution in [0.15, 0.2) is 60.7 Å². The molecule has 1 aliphatic carbocycles. The van der Waals surface area contributed by atoms with Gasteiger partial charge in [-0.3, -0.25) is 14.4 Å². The zero-order valence-corrected chi connectivity index (χ0v) is 30.0. The third kappa shape index (κ3) is 13.6. The number of ether oxygens (including phenoxy) is 1. The van der Waals surface area contributed by atoms with Crippen LogP contribution in [0.3, 0.4) is 0 Å². The number of carbonyl (C=O) groups is 5. The number of carbonyl (C=O) groups excluding carboxylic acids is 5. The fourth-order valence-corrected chi connectivity index (χ4v) is 5.97. The van der Waals surface area contributed by atoms with Crippen molar-refractivity contribution in [2.24, 2.45) is 17.8 Å². The quantitative estimate of drug-likeness (QED) is 0.240. The lowest BCUT2D eigenvalue weighted by atomic mass is 9.80. The second-order valence-electron chi connectivity index (χ2n) is 11.4. The zero-order chi connectivity index (χ0) is 29.7. The third-order valence-corrected chi connectivity index (χ3v) is 8.28. The van der Waals surface area contributed by atoms with Crippen molar-refractivity contribution >= 4 is 84.0 Å². The van der Waals surface area contributed by atoms with Gasteiger partial charge in [0.15, 0.2) is 5.78 Å². The number of hydrogen-bond donors (Lipinski definition) is 3. The van der Waals surface area contributed by atoms with Gasteiger partial charge in [-0.15, -0.1) is 0 Å². The Morgan fingerprint density at radius 3 is 2.07 bits per heavy atom. The highest BCUT2D eigenvalue weighted by molar-refractivity contribution is 7.59. The molecule has 1 aliphatic heterocycles. The molecule has 0 spiro atoms. The van der Waals surface area contributed by atoms with Crippen molar-refractivity contribution < 1.29 is 28.7 Å². The highest BCUT2D eigenvalue weighted by atomic mass is 32.1. The molecule has 3 amide bonds. The molecule has 4 rings (SSSR count). The molecule has 0 bridgehead atoms. The highest BCUT2D eigenvalue weighted by Crippen LogP contribution is 2.32. The molecule has 2 aromatic rings. The monoisotopic (exact) mass is 711 g/mol. The topological polar surface area (TPSA) is 131 Å². The second-order valence-corrected chi connectivity index (χ2v) is 11.4. The van der Waals surface area contributed by atoms with Gasteiger partial charge in [0.1, 0.15) is 18.9 Å². The van der Waals surface area contributed by atoms with E-state index >= 15 is 0 Å². The molecule has 13 heteroatoms. The van der Waals surface area contributed by atoms with E-state index in [1.54, 1.807) is 24.3 Å². The molecule has 256 valence electrons. The van der Waals surface area contributed by atoms with Crippen LogP contribution in [0.4, 0.5) is 4.79 Å². The predicted octanol–water partition coefficient (Wildman–Crippen LogP) is 4.86. The van der Waals surface area contributed by atoms with Crippen LogP contribution in [0.5, 0.6) is 0 Å². The SMILES string of the molecule is O=C[C@H](C[C@@H]1CCNC1=O)NC(=O)[C@@H](CC(=O)[C@@H](NC(=O)OCc1ccccc1)c1ccccc1)CC1CCCCC1.S.S.S.S.